The lowest BCUT2D eigenvalue weighted by atomic mass is 9.84. The molecule has 0 saturated heterocycles. The van der Waals surface area contributed by atoms with E-state index in [0.29, 0.717) is 18.1 Å². The van der Waals surface area contributed by atoms with Gasteiger partial charge in [0.25, 0.3) is 0 Å². The van der Waals surface area contributed by atoms with Gasteiger partial charge in [-0.05, 0) is 12.3 Å². The van der Waals surface area contributed by atoms with Crippen molar-refractivity contribution >= 4 is 23.6 Å². The van der Waals surface area contributed by atoms with Gasteiger partial charge in [0.2, 0.25) is 11.8 Å². The Hall–Kier alpha value is -3.21. The summed E-state index contributed by atoms with van der Waals surface area (Å²) >= 11 is 0. The summed E-state index contributed by atoms with van der Waals surface area (Å²) in [6.07, 6.45) is 9.45. The maximum Gasteiger partial charge on any atom is 0.317 e. The summed E-state index contributed by atoms with van der Waals surface area (Å²) in [4.78, 5) is 38.6. The number of nitrogen functional groups attached to an aromatic ring is 1. The van der Waals surface area contributed by atoms with Crippen LogP contribution in [-0.4, -0.2) is 64.0 Å². The van der Waals surface area contributed by atoms with Crippen LogP contribution in [0.15, 0.2) is 22.7 Å². The van der Waals surface area contributed by atoms with Gasteiger partial charge in [0.1, 0.15) is 17.6 Å². The number of nitrogens with one attached hydrogen (secondary N) is 3. The SMILES string of the molecule is N=C(N)c1cc(CNC(=O)[C@@H]2C=CCN2C(=O)[C@@H](CC2CCCCC2)NCC(=O)O)on1. The molecule has 6 N–H and O–H groups in total. The van der Waals surface area contributed by atoms with Crippen molar-refractivity contribution in [3.8, 4) is 0 Å². The molecule has 2 atom stereocenters. The summed E-state index contributed by atoms with van der Waals surface area (Å²) in [6.45, 7) is 0.00309. The molecule has 0 bridgehead atoms. The number of carbonyl (C=O) groups excluding carboxylic acids is 2. The highest BCUT2D eigenvalue weighted by molar-refractivity contribution is 5.93. The number of aromatic nitrogens is 1. The number of hydrogen-bond acceptors (Lipinski definition) is 7. The van der Waals surface area contributed by atoms with Gasteiger partial charge in [-0.25, -0.2) is 0 Å². The lowest BCUT2D eigenvalue weighted by Crippen LogP contribution is -2.53. The molecule has 1 fully saturated rings. The molecule has 11 nitrogen and oxygen atoms in total. The fraction of sp³-hybridized carbons (Fsp3) is 0.571. The monoisotopic (exact) mass is 446 g/mol. The smallest absolute Gasteiger partial charge is 0.317 e. The van der Waals surface area contributed by atoms with Gasteiger partial charge >= 0.3 is 5.97 Å². The predicted octanol–water partition coefficient (Wildman–Crippen LogP) is 0.355. The lowest BCUT2D eigenvalue weighted by molar-refractivity contribution is -0.140. The summed E-state index contributed by atoms with van der Waals surface area (Å²) in [5.41, 5.74) is 5.53. The van der Waals surface area contributed by atoms with Gasteiger partial charge in [-0.2, -0.15) is 0 Å². The second-order valence-corrected chi connectivity index (χ2v) is 8.24. The summed E-state index contributed by atoms with van der Waals surface area (Å²) in [7, 11) is 0. The molecular weight excluding hydrogens is 416 g/mol. The van der Waals surface area contributed by atoms with E-state index in [2.05, 4.69) is 15.8 Å². The molecule has 0 radical (unpaired) electrons. The second-order valence-electron chi connectivity index (χ2n) is 8.24. The summed E-state index contributed by atoms with van der Waals surface area (Å²) < 4.78 is 5.04. The van der Waals surface area contributed by atoms with Gasteiger partial charge < -0.3 is 25.6 Å². The molecule has 0 spiro atoms. The quantitative estimate of drug-likeness (QED) is 0.194. The van der Waals surface area contributed by atoms with Crippen molar-refractivity contribution in [3.05, 3.63) is 29.7 Å². The van der Waals surface area contributed by atoms with E-state index in [1.807, 2.05) is 0 Å². The predicted molar refractivity (Wildman–Crippen MR) is 115 cm³/mol. The normalized spacial score (nSPS) is 19.6. The van der Waals surface area contributed by atoms with Crippen molar-refractivity contribution in [2.75, 3.05) is 13.1 Å². The van der Waals surface area contributed by atoms with E-state index in [9.17, 15) is 14.4 Å². The Labute approximate surface area is 185 Å². The number of aliphatic carboxylic acids is 1. The van der Waals surface area contributed by atoms with E-state index < -0.39 is 18.1 Å². The number of carbonyl (C=O) groups is 3. The molecule has 174 valence electrons. The Kier molecular flexibility index (Phi) is 7.98. The minimum absolute atomic E-state index is 0.0360. The van der Waals surface area contributed by atoms with Crippen molar-refractivity contribution < 1.29 is 24.0 Å². The first-order valence-corrected chi connectivity index (χ1v) is 10.8. The molecule has 2 amide bonds. The van der Waals surface area contributed by atoms with Crippen molar-refractivity contribution in [3.63, 3.8) is 0 Å². The second kappa shape index (κ2) is 10.9. The molecule has 1 aliphatic carbocycles. The zero-order chi connectivity index (χ0) is 23.1. The number of amides is 2. The summed E-state index contributed by atoms with van der Waals surface area (Å²) in [5, 5.41) is 25.6. The van der Waals surface area contributed by atoms with E-state index >= 15 is 0 Å². The number of carboxylic acids is 1. The van der Waals surface area contributed by atoms with E-state index in [1.165, 1.54) is 17.4 Å². The van der Waals surface area contributed by atoms with Crippen LogP contribution >= 0.6 is 0 Å². The average molecular weight is 447 g/mol. The molecule has 2 aliphatic rings. The first kappa shape index (κ1) is 23.5. The van der Waals surface area contributed by atoms with Crippen LogP contribution in [0.1, 0.15) is 50.0 Å². The summed E-state index contributed by atoms with van der Waals surface area (Å²) in [6, 6.07) is 0.0152. The van der Waals surface area contributed by atoms with Gasteiger partial charge in [0.05, 0.1) is 19.1 Å². The van der Waals surface area contributed by atoms with Gasteiger partial charge in [-0.1, -0.05) is 49.4 Å². The van der Waals surface area contributed by atoms with Gasteiger partial charge in [-0.3, -0.25) is 25.1 Å². The van der Waals surface area contributed by atoms with Gasteiger partial charge in [0.15, 0.2) is 5.76 Å². The molecule has 3 rings (SSSR count). The Balaban J connectivity index is 1.61. The van der Waals surface area contributed by atoms with Gasteiger partial charge in [-0.15, -0.1) is 0 Å². The molecular formula is C21H30N6O5. The minimum Gasteiger partial charge on any atom is -0.480 e. The van der Waals surface area contributed by atoms with Crippen molar-refractivity contribution in [1.29, 1.82) is 5.41 Å². The van der Waals surface area contributed by atoms with Crippen LogP contribution in [0.4, 0.5) is 0 Å². The van der Waals surface area contributed by atoms with Gasteiger partial charge in [0, 0.05) is 12.6 Å². The van der Waals surface area contributed by atoms with E-state index in [-0.39, 0.29) is 43.0 Å². The average Bonchev–Trinajstić information content (AvgIpc) is 3.45. The topological polar surface area (TPSA) is 175 Å². The Morgan fingerprint density at radius 3 is 2.72 bits per heavy atom. The van der Waals surface area contributed by atoms with Crippen molar-refractivity contribution in [1.82, 2.24) is 20.7 Å². The highest BCUT2D eigenvalue weighted by Gasteiger charge is 2.35. The largest absolute Gasteiger partial charge is 0.480 e. The Bertz CT molecular complexity index is 876. The first-order chi connectivity index (χ1) is 15.3. The molecule has 0 aromatic carbocycles. The molecule has 1 saturated carbocycles. The van der Waals surface area contributed by atoms with Crippen LogP contribution < -0.4 is 16.4 Å². The van der Waals surface area contributed by atoms with Crippen LogP contribution in [0.5, 0.6) is 0 Å². The zero-order valence-electron chi connectivity index (χ0n) is 17.9. The Morgan fingerprint density at radius 1 is 1.31 bits per heavy atom. The van der Waals surface area contributed by atoms with Crippen LogP contribution in [0, 0.1) is 11.3 Å². The number of carboxylic acid groups (broad SMARTS) is 1. The maximum absolute atomic E-state index is 13.3. The van der Waals surface area contributed by atoms with Crippen LogP contribution in [-0.2, 0) is 20.9 Å². The van der Waals surface area contributed by atoms with E-state index in [1.54, 1.807) is 12.2 Å². The maximum atomic E-state index is 13.3. The zero-order valence-corrected chi connectivity index (χ0v) is 17.9. The highest BCUT2D eigenvalue weighted by Crippen LogP contribution is 2.28. The molecule has 2 heterocycles. The molecule has 1 aromatic rings. The van der Waals surface area contributed by atoms with Crippen molar-refractivity contribution in [2.24, 2.45) is 11.7 Å². The number of hydrogen-bond donors (Lipinski definition) is 5. The standard InChI is InChI=1S/C21H30N6O5/c22-19(23)15-10-14(32-26-15)11-25-20(30)17-7-4-8-27(17)21(31)16(24-12-18(28)29)9-13-5-2-1-3-6-13/h4,7,10,13,16-17,24H,1-3,5-6,8-9,11-12H2,(H3,22,23)(H,25,30)(H,28,29)/t16-,17+/m1/s1. The molecule has 11 heteroatoms. The lowest BCUT2D eigenvalue weighted by Gasteiger charge is -2.31. The molecule has 1 aromatic heterocycles. The molecule has 0 unspecified atom stereocenters. The van der Waals surface area contributed by atoms with Crippen LogP contribution in [0.25, 0.3) is 0 Å². The van der Waals surface area contributed by atoms with Crippen LogP contribution in [0.3, 0.4) is 0 Å². The number of amidine groups is 1. The minimum atomic E-state index is -1.03. The van der Waals surface area contributed by atoms with E-state index in [4.69, 9.17) is 20.8 Å². The molecule has 32 heavy (non-hydrogen) atoms. The number of nitrogens with two attached hydrogens (primary N) is 1. The molecule has 1 aliphatic heterocycles. The highest BCUT2D eigenvalue weighted by atomic mass is 16.5. The van der Waals surface area contributed by atoms with E-state index in [0.717, 1.165) is 25.7 Å². The fourth-order valence-corrected chi connectivity index (χ4v) is 4.22. The fourth-order valence-electron chi connectivity index (χ4n) is 4.22. The first-order valence-electron chi connectivity index (χ1n) is 10.8. The third kappa shape index (κ3) is 6.16. The number of nitrogens with zero attached hydrogens (tertiary/aromatic N) is 2. The van der Waals surface area contributed by atoms with Crippen molar-refractivity contribution in [2.45, 2.75) is 57.2 Å². The third-order valence-electron chi connectivity index (χ3n) is 5.87. The summed E-state index contributed by atoms with van der Waals surface area (Å²) in [5.74, 6) is -1.23. The van der Waals surface area contributed by atoms with Crippen LogP contribution in [0.2, 0.25) is 0 Å². The Morgan fingerprint density at radius 2 is 2.06 bits per heavy atom. The number of rotatable bonds is 10. The third-order valence-corrected chi connectivity index (χ3v) is 5.87.